The second-order valence-corrected chi connectivity index (χ2v) is 6.47. The quantitative estimate of drug-likeness (QED) is 0.912. The lowest BCUT2D eigenvalue weighted by molar-refractivity contribution is 0.0963. The smallest absolute Gasteiger partial charge is 0.262 e. The number of fused-ring (bicyclic) bond motifs is 2. The van der Waals surface area contributed by atoms with Crippen LogP contribution in [0.4, 0.5) is 11.4 Å². The van der Waals surface area contributed by atoms with Crippen LogP contribution in [0.15, 0.2) is 42.5 Å². The van der Waals surface area contributed by atoms with Crippen molar-refractivity contribution in [2.75, 3.05) is 30.2 Å². The Morgan fingerprint density at radius 2 is 1.96 bits per heavy atom. The Kier molecular flexibility index (Phi) is 3.31. The molecule has 6 nitrogen and oxygen atoms in total. The summed E-state index contributed by atoms with van der Waals surface area (Å²) in [5.74, 6) is 1.61. The Morgan fingerprint density at radius 3 is 2.84 bits per heavy atom. The molecular formula is C19H18N2O4. The van der Waals surface area contributed by atoms with Gasteiger partial charge in [-0.25, -0.2) is 0 Å². The first kappa shape index (κ1) is 14.6. The summed E-state index contributed by atoms with van der Waals surface area (Å²) in [6.45, 7) is 1.59. The number of carbonyl (C=O) groups excluding carboxylic acids is 1. The molecule has 1 N–H and O–H groups in total. The van der Waals surface area contributed by atoms with Crippen molar-refractivity contribution < 1.29 is 19.0 Å². The zero-order valence-corrected chi connectivity index (χ0v) is 13.6. The van der Waals surface area contributed by atoms with Crippen LogP contribution >= 0.6 is 0 Å². The van der Waals surface area contributed by atoms with Crippen LogP contribution in [-0.4, -0.2) is 32.1 Å². The van der Waals surface area contributed by atoms with E-state index in [-0.39, 0.29) is 24.8 Å². The first-order valence-electron chi connectivity index (χ1n) is 8.48. The van der Waals surface area contributed by atoms with Crippen LogP contribution in [0.3, 0.4) is 0 Å². The van der Waals surface area contributed by atoms with E-state index in [4.69, 9.17) is 14.2 Å². The van der Waals surface area contributed by atoms with E-state index in [9.17, 15) is 4.79 Å². The fraction of sp³-hybridized carbons (Fsp3) is 0.316. The van der Waals surface area contributed by atoms with Gasteiger partial charge in [0.05, 0.1) is 17.9 Å². The van der Waals surface area contributed by atoms with Crippen molar-refractivity contribution in [3.8, 4) is 11.5 Å². The lowest BCUT2D eigenvalue weighted by atomic mass is 9.98. The molecule has 25 heavy (non-hydrogen) atoms. The fourth-order valence-corrected chi connectivity index (χ4v) is 3.72. The van der Waals surface area contributed by atoms with Gasteiger partial charge in [0.1, 0.15) is 6.17 Å². The molecule has 2 aromatic carbocycles. The minimum Gasteiger partial charge on any atom is -0.454 e. The highest BCUT2D eigenvalue weighted by molar-refractivity contribution is 6.12. The van der Waals surface area contributed by atoms with Gasteiger partial charge in [-0.2, -0.15) is 0 Å². The summed E-state index contributed by atoms with van der Waals surface area (Å²) >= 11 is 0. The predicted octanol–water partition coefficient (Wildman–Crippen LogP) is 2.85. The van der Waals surface area contributed by atoms with Crippen molar-refractivity contribution in [1.82, 2.24) is 0 Å². The molecule has 0 aliphatic carbocycles. The lowest BCUT2D eigenvalue weighted by Gasteiger charge is -2.40. The topological polar surface area (TPSA) is 60.0 Å². The number of nitrogens with one attached hydrogen (secondary N) is 1. The van der Waals surface area contributed by atoms with Crippen molar-refractivity contribution >= 4 is 17.3 Å². The highest BCUT2D eigenvalue weighted by Crippen LogP contribution is 2.39. The number of ether oxygens (including phenoxy) is 3. The number of hydrogen-bond donors (Lipinski definition) is 1. The molecule has 1 amide bonds. The molecule has 3 aliphatic heterocycles. The molecule has 128 valence electrons. The standard InChI is InChI=1S/C19H18N2O4/c22-19-14-3-1-2-4-15(14)20-18(12-7-8-23-10-12)21(19)13-5-6-16-17(9-13)25-11-24-16/h1-6,9,12,18,20H,7-8,10-11H2/t12-,18-/m0/s1. The molecule has 1 saturated heterocycles. The summed E-state index contributed by atoms with van der Waals surface area (Å²) in [7, 11) is 0. The summed E-state index contributed by atoms with van der Waals surface area (Å²) in [5.41, 5.74) is 2.35. The van der Waals surface area contributed by atoms with Crippen LogP contribution < -0.4 is 19.7 Å². The van der Waals surface area contributed by atoms with Gasteiger partial charge in [0.15, 0.2) is 11.5 Å². The molecule has 3 aliphatic rings. The number of amides is 1. The van der Waals surface area contributed by atoms with Crippen LogP contribution in [0.1, 0.15) is 16.8 Å². The number of hydrogen-bond acceptors (Lipinski definition) is 5. The minimum atomic E-state index is -0.148. The van der Waals surface area contributed by atoms with Crippen molar-refractivity contribution in [1.29, 1.82) is 0 Å². The Bertz CT molecular complexity index is 832. The molecule has 2 aromatic rings. The average Bonchev–Trinajstić information content (AvgIpc) is 3.33. The average molecular weight is 338 g/mol. The normalized spacial score (nSPS) is 24.2. The van der Waals surface area contributed by atoms with Crippen molar-refractivity contribution in [3.63, 3.8) is 0 Å². The van der Waals surface area contributed by atoms with E-state index in [1.165, 1.54) is 0 Å². The van der Waals surface area contributed by atoms with Gasteiger partial charge in [-0.05, 0) is 30.7 Å². The zero-order chi connectivity index (χ0) is 16.8. The first-order valence-corrected chi connectivity index (χ1v) is 8.48. The van der Waals surface area contributed by atoms with Gasteiger partial charge in [0.25, 0.3) is 5.91 Å². The number of anilines is 2. The minimum absolute atomic E-state index is 0.00915. The van der Waals surface area contributed by atoms with Crippen LogP contribution in [0.2, 0.25) is 0 Å². The molecule has 6 heteroatoms. The Labute approximate surface area is 145 Å². The predicted molar refractivity (Wildman–Crippen MR) is 92.2 cm³/mol. The number of nitrogens with zero attached hydrogens (tertiary/aromatic N) is 1. The second-order valence-electron chi connectivity index (χ2n) is 6.47. The van der Waals surface area contributed by atoms with E-state index in [1.54, 1.807) is 0 Å². The van der Waals surface area contributed by atoms with E-state index < -0.39 is 0 Å². The van der Waals surface area contributed by atoms with E-state index in [1.807, 2.05) is 47.4 Å². The summed E-state index contributed by atoms with van der Waals surface area (Å²) in [6, 6.07) is 13.3. The highest BCUT2D eigenvalue weighted by atomic mass is 16.7. The van der Waals surface area contributed by atoms with Crippen LogP contribution in [0.5, 0.6) is 11.5 Å². The van der Waals surface area contributed by atoms with Crippen molar-refractivity contribution in [3.05, 3.63) is 48.0 Å². The summed E-state index contributed by atoms with van der Waals surface area (Å²) in [6.07, 6.45) is 0.777. The first-order chi connectivity index (χ1) is 12.3. The Hall–Kier alpha value is -2.73. The van der Waals surface area contributed by atoms with Gasteiger partial charge in [-0.1, -0.05) is 12.1 Å². The molecule has 0 spiro atoms. The molecule has 5 rings (SSSR count). The third kappa shape index (κ3) is 2.33. The Balaban J connectivity index is 1.59. The van der Waals surface area contributed by atoms with Crippen molar-refractivity contribution in [2.24, 2.45) is 5.92 Å². The number of para-hydroxylation sites is 1. The fourth-order valence-electron chi connectivity index (χ4n) is 3.72. The maximum atomic E-state index is 13.3. The SMILES string of the molecule is O=C1c2ccccc2N[C@H]([C@H]2CCOC2)N1c1ccc2c(c1)OCO2. The third-order valence-corrected chi connectivity index (χ3v) is 5.00. The molecule has 0 aromatic heterocycles. The number of benzene rings is 2. The van der Waals surface area contributed by atoms with Crippen LogP contribution in [0.25, 0.3) is 0 Å². The van der Waals surface area contributed by atoms with E-state index in [0.29, 0.717) is 23.7 Å². The molecule has 0 saturated carbocycles. The molecule has 3 heterocycles. The van der Waals surface area contributed by atoms with Gasteiger partial charge in [-0.15, -0.1) is 0 Å². The maximum Gasteiger partial charge on any atom is 0.262 e. The lowest BCUT2D eigenvalue weighted by Crippen LogP contribution is -2.53. The Morgan fingerprint density at radius 1 is 1.08 bits per heavy atom. The van der Waals surface area contributed by atoms with E-state index in [0.717, 1.165) is 24.4 Å². The maximum absolute atomic E-state index is 13.3. The van der Waals surface area contributed by atoms with Crippen molar-refractivity contribution in [2.45, 2.75) is 12.6 Å². The number of carbonyl (C=O) groups is 1. The van der Waals surface area contributed by atoms with Gasteiger partial charge in [0.2, 0.25) is 6.79 Å². The van der Waals surface area contributed by atoms with Crippen LogP contribution in [0, 0.1) is 5.92 Å². The number of rotatable bonds is 2. The third-order valence-electron chi connectivity index (χ3n) is 5.00. The van der Waals surface area contributed by atoms with Gasteiger partial charge < -0.3 is 19.5 Å². The summed E-state index contributed by atoms with van der Waals surface area (Å²) < 4.78 is 16.4. The molecule has 0 bridgehead atoms. The summed E-state index contributed by atoms with van der Waals surface area (Å²) in [4.78, 5) is 15.1. The van der Waals surface area contributed by atoms with Gasteiger partial charge in [-0.3, -0.25) is 9.69 Å². The molecule has 0 radical (unpaired) electrons. The second kappa shape index (κ2) is 5.67. The van der Waals surface area contributed by atoms with Crippen LogP contribution in [-0.2, 0) is 4.74 Å². The monoisotopic (exact) mass is 338 g/mol. The molecule has 2 atom stereocenters. The van der Waals surface area contributed by atoms with E-state index in [2.05, 4.69) is 5.32 Å². The van der Waals surface area contributed by atoms with Gasteiger partial charge >= 0.3 is 0 Å². The summed E-state index contributed by atoms with van der Waals surface area (Å²) in [5, 5.41) is 3.54. The van der Waals surface area contributed by atoms with E-state index >= 15 is 0 Å². The molecule has 1 fully saturated rings. The largest absolute Gasteiger partial charge is 0.454 e. The van der Waals surface area contributed by atoms with Gasteiger partial charge in [0, 0.05) is 24.3 Å². The molecular weight excluding hydrogens is 320 g/mol. The zero-order valence-electron chi connectivity index (χ0n) is 13.6. The molecule has 0 unspecified atom stereocenters. The highest BCUT2D eigenvalue weighted by Gasteiger charge is 2.39.